The molecule has 0 atom stereocenters. The third-order valence-corrected chi connectivity index (χ3v) is 4.21. The summed E-state index contributed by atoms with van der Waals surface area (Å²) in [5.74, 6) is 0. The van der Waals surface area contributed by atoms with E-state index in [2.05, 4.69) is 55.5 Å². The second-order valence-electron chi connectivity index (χ2n) is 6.74. The first kappa shape index (κ1) is 24.8. The van der Waals surface area contributed by atoms with Crippen LogP contribution in [0.15, 0.2) is 54.4 Å². The molecule has 27 heavy (non-hydrogen) atoms. The van der Waals surface area contributed by atoms with Gasteiger partial charge >= 0.3 is 0 Å². The van der Waals surface area contributed by atoms with Crippen LogP contribution in [0, 0.1) is 0 Å². The zero-order valence-electron chi connectivity index (χ0n) is 18.0. The molecule has 1 aliphatic rings. The van der Waals surface area contributed by atoms with Crippen LogP contribution < -0.4 is 22.1 Å². The van der Waals surface area contributed by atoms with Crippen LogP contribution in [0.5, 0.6) is 0 Å². The number of rotatable bonds is 8. The van der Waals surface area contributed by atoms with Crippen molar-refractivity contribution in [3.05, 3.63) is 60.0 Å². The molecule has 1 aromatic carbocycles. The van der Waals surface area contributed by atoms with E-state index in [9.17, 15) is 0 Å². The lowest BCUT2D eigenvalue weighted by Crippen LogP contribution is -2.13. The average Bonchev–Trinajstić information content (AvgIpc) is 3.48. The highest BCUT2D eigenvalue weighted by Crippen LogP contribution is 2.24. The first-order valence-electron chi connectivity index (χ1n) is 9.91. The molecule has 0 aromatic heterocycles. The molecule has 152 valence electrons. The van der Waals surface area contributed by atoms with Gasteiger partial charge in [-0.25, -0.2) is 0 Å². The van der Waals surface area contributed by atoms with Crippen molar-refractivity contribution >= 4 is 11.4 Å². The lowest BCUT2D eigenvalue weighted by molar-refractivity contribution is 0.772. The molecule has 2 rings (SSSR count). The third-order valence-electron chi connectivity index (χ3n) is 4.21. The minimum absolute atomic E-state index is 0.610. The van der Waals surface area contributed by atoms with Crippen molar-refractivity contribution in [1.29, 1.82) is 0 Å². The Bertz CT molecular complexity index is 607. The van der Waals surface area contributed by atoms with E-state index in [1.807, 2.05) is 26.0 Å². The molecule has 0 bridgehead atoms. The highest BCUT2D eigenvalue weighted by molar-refractivity contribution is 5.67. The Morgan fingerprint density at radius 3 is 2.15 bits per heavy atom. The molecule has 0 heterocycles. The van der Waals surface area contributed by atoms with Gasteiger partial charge < -0.3 is 22.1 Å². The van der Waals surface area contributed by atoms with Gasteiger partial charge in [0, 0.05) is 28.8 Å². The molecule has 0 radical (unpaired) electrons. The van der Waals surface area contributed by atoms with E-state index in [-0.39, 0.29) is 0 Å². The Hall–Kier alpha value is -2.20. The van der Waals surface area contributed by atoms with Crippen molar-refractivity contribution in [1.82, 2.24) is 5.32 Å². The monoisotopic (exact) mass is 372 g/mol. The maximum absolute atomic E-state index is 5.79. The van der Waals surface area contributed by atoms with Crippen LogP contribution >= 0.6 is 0 Å². The predicted octanol–water partition coefficient (Wildman–Crippen LogP) is 5.36. The van der Waals surface area contributed by atoms with Gasteiger partial charge in [-0.2, -0.15) is 0 Å². The molecule has 6 N–H and O–H groups in total. The second-order valence-corrected chi connectivity index (χ2v) is 6.74. The van der Waals surface area contributed by atoms with Gasteiger partial charge in [-0.15, -0.1) is 0 Å². The van der Waals surface area contributed by atoms with Crippen molar-refractivity contribution in [2.75, 3.05) is 12.4 Å². The van der Waals surface area contributed by atoms with Gasteiger partial charge in [-0.05, 0) is 57.0 Å². The van der Waals surface area contributed by atoms with E-state index >= 15 is 0 Å². The van der Waals surface area contributed by atoms with Crippen molar-refractivity contribution in [3.63, 3.8) is 0 Å². The standard InChI is InChI=1S/C17H23N3.C5H12.CH5N/c1-11(12(2)18)13(3)19-17-7-5-6-15(10-17)14(4)20-16-8-9-16;1-3-5-4-2;1-2/h5-7,10,16,19-20H,3-4,8-9,18H2,1-2H3;3-5H2,1-2H3;2H2,1H3/b12-11-;;. The summed E-state index contributed by atoms with van der Waals surface area (Å²) in [6, 6.07) is 8.76. The van der Waals surface area contributed by atoms with Crippen LogP contribution in [0.2, 0.25) is 0 Å². The van der Waals surface area contributed by atoms with Gasteiger partial charge in [0.1, 0.15) is 0 Å². The molecule has 1 saturated carbocycles. The molecule has 0 saturated heterocycles. The fraction of sp³-hybridized carbons (Fsp3) is 0.478. The highest BCUT2D eigenvalue weighted by Gasteiger charge is 2.21. The minimum Gasteiger partial charge on any atom is -0.402 e. The first-order valence-corrected chi connectivity index (χ1v) is 9.91. The maximum atomic E-state index is 5.79. The number of allylic oxidation sites excluding steroid dienone is 2. The number of nitrogens with one attached hydrogen (secondary N) is 2. The fourth-order valence-electron chi connectivity index (χ4n) is 2.20. The summed E-state index contributed by atoms with van der Waals surface area (Å²) < 4.78 is 0. The van der Waals surface area contributed by atoms with Gasteiger partial charge in [0.25, 0.3) is 0 Å². The van der Waals surface area contributed by atoms with Crippen LogP contribution in [0.4, 0.5) is 5.69 Å². The molecule has 0 unspecified atom stereocenters. The summed E-state index contributed by atoms with van der Waals surface area (Å²) in [6.45, 7) is 16.4. The number of hydrogen-bond acceptors (Lipinski definition) is 4. The van der Waals surface area contributed by atoms with E-state index in [0.29, 0.717) is 6.04 Å². The maximum Gasteiger partial charge on any atom is 0.0390 e. The summed E-state index contributed by atoms with van der Waals surface area (Å²) in [5, 5.41) is 6.70. The van der Waals surface area contributed by atoms with Gasteiger partial charge in [0.2, 0.25) is 0 Å². The van der Waals surface area contributed by atoms with Gasteiger partial charge in [-0.3, -0.25) is 0 Å². The Morgan fingerprint density at radius 2 is 1.70 bits per heavy atom. The molecule has 1 aromatic rings. The zero-order chi connectivity index (χ0) is 20.8. The molecule has 0 amide bonds. The Kier molecular flexibility index (Phi) is 12.8. The van der Waals surface area contributed by atoms with Gasteiger partial charge in [0.05, 0.1) is 0 Å². The van der Waals surface area contributed by atoms with E-state index < -0.39 is 0 Å². The summed E-state index contributed by atoms with van der Waals surface area (Å²) in [5.41, 5.74) is 15.9. The largest absolute Gasteiger partial charge is 0.402 e. The van der Waals surface area contributed by atoms with Gasteiger partial charge in [0.15, 0.2) is 0 Å². The average molecular weight is 373 g/mol. The van der Waals surface area contributed by atoms with Crippen molar-refractivity contribution < 1.29 is 0 Å². The van der Waals surface area contributed by atoms with Crippen LogP contribution in [-0.4, -0.2) is 13.1 Å². The summed E-state index contributed by atoms with van der Waals surface area (Å²) >= 11 is 0. The Balaban J connectivity index is 0.000000838. The molecular formula is C23H40N4. The summed E-state index contributed by atoms with van der Waals surface area (Å²) in [7, 11) is 1.50. The normalized spacial score (nSPS) is 13.1. The molecule has 0 aliphatic heterocycles. The van der Waals surface area contributed by atoms with Crippen LogP contribution in [-0.2, 0) is 0 Å². The zero-order valence-corrected chi connectivity index (χ0v) is 18.0. The quantitative estimate of drug-likeness (QED) is 0.463. The molecule has 4 nitrogen and oxygen atoms in total. The predicted molar refractivity (Wildman–Crippen MR) is 122 cm³/mol. The van der Waals surface area contributed by atoms with Crippen LogP contribution in [0.3, 0.4) is 0 Å². The SMILES string of the molecule is C=C(Nc1cccc(C(=C)NC2CC2)c1)/C(C)=C(/C)N.CCCCC.CN. The van der Waals surface area contributed by atoms with Gasteiger partial charge in [-0.1, -0.05) is 58.4 Å². The van der Waals surface area contributed by atoms with Crippen LogP contribution in [0.25, 0.3) is 5.70 Å². The number of hydrogen-bond donors (Lipinski definition) is 4. The Labute approximate surface area is 166 Å². The minimum atomic E-state index is 0.610. The van der Waals surface area contributed by atoms with E-state index in [1.165, 1.54) is 39.2 Å². The van der Waals surface area contributed by atoms with Crippen molar-refractivity contribution in [2.45, 2.75) is 65.8 Å². The number of anilines is 1. The smallest absolute Gasteiger partial charge is 0.0390 e. The first-order chi connectivity index (χ1) is 12.9. The molecule has 1 aliphatic carbocycles. The Morgan fingerprint density at radius 1 is 1.11 bits per heavy atom. The number of nitrogens with two attached hydrogens (primary N) is 2. The summed E-state index contributed by atoms with van der Waals surface area (Å²) in [4.78, 5) is 0. The van der Waals surface area contributed by atoms with E-state index in [4.69, 9.17) is 5.73 Å². The van der Waals surface area contributed by atoms with Crippen molar-refractivity contribution in [2.24, 2.45) is 11.5 Å². The molecular weight excluding hydrogens is 332 g/mol. The lowest BCUT2D eigenvalue weighted by atomic mass is 10.1. The number of benzene rings is 1. The highest BCUT2D eigenvalue weighted by atomic mass is 15.0. The topological polar surface area (TPSA) is 76.1 Å². The lowest BCUT2D eigenvalue weighted by Gasteiger charge is -2.14. The molecule has 0 spiro atoms. The van der Waals surface area contributed by atoms with E-state index in [1.54, 1.807) is 0 Å². The molecule has 1 fully saturated rings. The van der Waals surface area contributed by atoms with E-state index in [0.717, 1.165) is 33.9 Å². The summed E-state index contributed by atoms with van der Waals surface area (Å²) in [6.07, 6.45) is 6.56. The third kappa shape index (κ3) is 10.5. The molecule has 4 heteroatoms. The van der Waals surface area contributed by atoms with Crippen molar-refractivity contribution in [3.8, 4) is 0 Å². The second kappa shape index (κ2) is 13.9. The fourth-order valence-corrected chi connectivity index (χ4v) is 2.20. The number of unbranched alkanes of at least 4 members (excludes halogenated alkanes) is 2. The van der Waals surface area contributed by atoms with Crippen LogP contribution in [0.1, 0.15) is 65.4 Å².